The summed E-state index contributed by atoms with van der Waals surface area (Å²) in [5, 5.41) is 4.45. The Labute approximate surface area is 302 Å². The second kappa shape index (κ2) is 14.8. The Morgan fingerprint density at radius 3 is 2.38 bits per heavy atom. The largest absolute Gasteiger partial charge is 0.444 e. The number of alkyl carbamates (subject to hydrolysis) is 1. The summed E-state index contributed by atoms with van der Waals surface area (Å²) >= 11 is 0. The predicted octanol–water partition coefficient (Wildman–Crippen LogP) is 2.57. The lowest BCUT2D eigenvalue weighted by Gasteiger charge is -2.34. The highest BCUT2D eigenvalue weighted by Crippen LogP contribution is 2.31. The molecule has 2 heterocycles. The van der Waals surface area contributed by atoms with Crippen molar-refractivity contribution in [1.82, 2.24) is 25.2 Å². The van der Waals surface area contributed by atoms with Gasteiger partial charge in [-0.05, 0) is 71.1 Å². The normalized spacial score (nSPS) is 23.0. The summed E-state index contributed by atoms with van der Waals surface area (Å²) in [5.74, 6) is -4.54. The Bertz CT molecular complexity index is 1770. The van der Waals surface area contributed by atoms with E-state index in [0.29, 0.717) is 30.4 Å². The molecule has 4 aliphatic rings. The number of ketones is 1. The van der Waals surface area contributed by atoms with Crippen LogP contribution in [0.2, 0.25) is 0 Å². The Hall–Kier alpha value is -4.54. The van der Waals surface area contributed by atoms with Crippen LogP contribution in [0.3, 0.4) is 0 Å². The SMILES string of the molecule is CCCC(C)(NC(=O)C1CC(OC(=O)N2Cc3cccc(F)c3C2)CN1C(=O)C(NC(=O)OC(C)(C)C)C1CC=CC1=O)C(=O)NS(=O)(=O)C1CC1. The zero-order chi connectivity index (χ0) is 38.2. The molecule has 2 aliphatic heterocycles. The highest BCUT2D eigenvalue weighted by molar-refractivity contribution is 7.91. The molecular formula is C35H46FN5O10S. The van der Waals surface area contributed by atoms with Gasteiger partial charge in [0.2, 0.25) is 21.8 Å². The number of nitrogens with one attached hydrogen (secondary N) is 3. The van der Waals surface area contributed by atoms with Crippen LogP contribution >= 0.6 is 0 Å². The quantitative estimate of drug-likeness (QED) is 0.303. The average Bonchev–Trinajstić information content (AvgIpc) is 3.47. The number of benzene rings is 1. The molecule has 5 amide bonds. The van der Waals surface area contributed by atoms with Crippen molar-refractivity contribution in [2.75, 3.05) is 6.54 Å². The lowest BCUT2D eigenvalue weighted by Crippen LogP contribution is -2.62. The van der Waals surface area contributed by atoms with Crippen molar-refractivity contribution in [3.8, 4) is 0 Å². The molecular weight excluding hydrogens is 701 g/mol. The smallest absolute Gasteiger partial charge is 0.410 e. The molecule has 15 nitrogen and oxygen atoms in total. The fourth-order valence-corrected chi connectivity index (χ4v) is 8.12. The minimum atomic E-state index is -3.96. The molecule has 284 valence electrons. The number of ether oxygens (including phenoxy) is 2. The Balaban J connectivity index is 1.40. The first kappa shape index (κ1) is 38.7. The number of amides is 5. The van der Waals surface area contributed by atoms with Gasteiger partial charge in [-0.1, -0.05) is 31.6 Å². The van der Waals surface area contributed by atoms with Gasteiger partial charge in [-0.2, -0.15) is 0 Å². The number of fused-ring (bicyclic) bond motifs is 1. The van der Waals surface area contributed by atoms with Crippen molar-refractivity contribution >= 4 is 45.7 Å². The van der Waals surface area contributed by atoms with Crippen LogP contribution in [0.4, 0.5) is 14.0 Å². The van der Waals surface area contributed by atoms with Gasteiger partial charge >= 0.3 is 12.2 Å². The minimum Gasteiger partial charge on any atom is -0.444 e. The first-order valence-corrected chi connectivity index (χ1v) is 19.0. The molecule has 1 saturated carbocycles. The maximum Gasteiger partial charge on any atom is 0.410 e. The molecule has 2 fully saturated rings. The first-order chi connectivity index (χ1) is 24.3. The van der Waals surface area contributed by atoms with Gasteiger partial charge in [-0.3, -0.25) is 28.8 Å². The fraction of sp³-hybridized carbons (Fsp3) is 0.600. The first-order valence-electron chi connectivity index (χ1n) is 17.4. The molecule has 0 aromatic heterocycles. The van der Waals surface area contributed by atoms with Crippen LogP contribution in [0.25, 0.3) is 0 Å². The van der Waals surface area contributed by atoms with E-state index in [0.717, 1.165) is 4.90 Å². The van der Waals surface area contributed by atoms with Gasteiger partial charge in [0.15, 0.2) is 5.78 Å². The highest BCUT2D eigenvalue weighted by Gasteiger charge is 2.49. The molecule has 52 heavy (non-hydrogen) atoms. The monoisotopic (exact) mass is 747 g/mol. The van der Waals surface area contributed by atoms with Gasteiger partial charge in [0.05, 0.1) is 24.3 Å². The summed E-state index contributed by atoms with van der Waals surface area (Å²) in [6.45, 7) is 7.70. The van der Waals surface area contributed by atoms with E-state index in [1.165, 1.54) is 30.0 Å². The van der Waals surface area contributed by atoms with Crippen molar-refractivity contribution in [1.29, 1.82) is 0 Å². The lowest BCUT2D eigenvalue weighted by atomic mass is 9.93. The van der Waals surface area contributed by atoms with Crippen LogP contribution < -0.4 is 15.4 Å². The second-order valence-electron chi connectivity index (χ2n) is 15.0. The number of likely N-dealkylation sites (tertiary alicyclic amines) is 1. The number of sulfonamides is 1. The van der Waals surface area contributed by atoms with Crippen molar-refractivity contribution < 1.29 is 51.0 Å². The molecule has 5 unspecified atom stereocenters. The third-order valence-corrected chi connectivity index (χ3v) is 11.3. The van der Waals surface area contributed by atoms with Gasteiger partial charge in [0.1, 0.15) is 35.1 Å². The van der Waals surface area contributed by atoms with Gasteiger partial charge < -0.3 is 25.0 Å². The van der Waals surface area contributed by atoms with E-state index < -0.39 is 92.0 Å². The van der Waals surface area contributed by atoms with Crippen molar-refractivity contribution in [3.63, 3.8) is 0 Å². The molecule has 0 radical (unpaired) electrons. The summed E-state index contributed by atoms with van der Waals surface area (Å²) in [4.78, 5) is 83.5. The van der Waals surface area contributed by atoms with E-state index in [1.54, 1.807) is 39.8 Å². The molecule has 5 rings (SSSR count). The molecule has 2 aliphatic carbocycles. The molecule has 0 bridgehead atoms. The topological polar surface area (TPSA) is 198 Å². The van der Waals surface area contributed by atoms with Crippen molar-refractivity contribution in [3.05, 3.63) is 47.3 Å². The summed E-state index contributed by atoms with van der Waals surface area (Å²) in [5.41, 5.74) is -1.70. The van der Waals surface area contributed by atoms with Gasteiger partial charge in [0, 0.05) is 18.5 Å². The van der Waals surface area contributed by atoms with E-state index in [-0.39, 0.29) is 38.9 Å². The highest BCUT2D eigenvalue weighted by atomic mass is 32.2. The van der Waals surface area contributed by atoms with Crippen LogP contribution in [0.1, 0.15) is 84.3 Å². The molecule has 1 aromatic rings. The predicted molar refractivity (Wildman–Crippen MR) is 183 cm³/mol. The number of carbonyl (C=O) groups is 6. The summed E-state index contributed by atoms with van der Waals surface area (Å²) in [6.07, 6.45) is 1.12. The molecule has 1 aromatic carbocycles. The number of rotatable bonds is 11. The van der Waals surface area contributed by atoms with E-state index in [9.17, 15) is 41.6 Å². The van der Waals surface area contributed by atoms with E-state index in [1.807, 2.05) is 0 Å². The second-order valence-corrected chi connectivity index (χ2v) is 17.0. The molecule has 1 saturated heterocycles. The minimum absolute atomic E-state index is 0.0426. The van der Waals surface area contributed by atoms with Crippen LogP contribution in [0.15, 0.2) is 30.4 Å². The zero-order valence-corrected chi connectivity index (χ0v) is 30.7. The Morgan fingerprint density at radius 2 is 1.79 bits per heavy atom. The fourth-order valence-electron chi connectivity index (χ4n) is 6.71. The number of nitrogens with zero attached hydrogens (tertiary/aromatic N) is 2. The Morgan fingerprint density at radius 1 is 1.08 bits per heavy atom. The lowest BCUT2D eigenvalue weighted by molar-refractivity contribution is -0.143. The number of carbonyl (C=O) groups excluding carboxylic acids is 6. The van der Waals surface area contributed by atoms with Gasteiger partial charge in [-0.15, -0.1) is 0 Å². The third-order valence-electron chi connectivity index (χ3n) is 9.53. The van der Waals surface area contributed by atoms with E-state index in [4.69, 9.17) is 9.47 Å². The average molecular weight is 748 g/mol. The third kappa shape index (κ3) is 8.73. The zero-order valence-electron chi connectivity index (χ0n) is 29.9. The van der Waals surface area contributed by atoms with Crippen LogP contribution in [-0.2, 0) is 51.8 Å². The summed E-state index contributed by atoms with van der Waals surface area (Å²) in [7, 11) is -3.96. The number of hydrogen-bond acceptors (Lipinski definition) is 10. The summed E-state index contributed by atoms with van der Waals surface area (Å²) in [6, 6.07) is 1.66. The Kier molecular flexibility index (Phi) is 11.0. The van der Waals surface area contributed by atoms with E-state index >= 15 is 0 Å². The standard InChI is InChI=1S/C35H46FN5O10S/c1-6-15-35(5,31(45)39-52(48,49)22-13-14-22)38-29(43)26-16-21(50-33(47)40-17-20-9-7-11-25(36)24(20)19-40)18-41(26)30(44)28(23-10-8-12-27(23)42)37-32(46)51-34(2,3)4/h7-9,11-12,21-23,26,28H,6,10,13-19H2,1-5H3,(H,37,46)(H,38,43)(H,39,45). The number of halogens is 1. The molecule has 17 heteroatoms. The molecule has 5 atom stereocenters. The maximum atomic E-state index is 14.4. The van der Waals surface area contributed by atoms with Crippen molar-refractivity contribution in [2.24, 2.45) is 5.92 Å². The van der Waals surface area contributed by atoms with E-state index in [2.05, 4.69) is 15.4 Å². The number of hydrogen-bond donors (Lipinski definition) is 3. The van der Waals surface area contributed by atoms with Crippen molar-refractivity contribution in [2.45, 2.75) is 121 Å². The van der Waals surface area contributed by atoms with Crippen LogP contribution in [0.5, 0.6) is 0 Å². The number of allylic oxidation sites excluding steroid dienone is 2. The van der Waals surface area contributed by atoms with Crippen LogP contribution in [-0.4, -0.2) is 95.0 Å². The maximum absolute atomic E-state index is 14.4. The molecule has 3 N–H and O–H groups in total. The van der Waals surface area contributed by atoms with Gasteiger partial charge in [-0.25, -0.2) is 22.4 Å². The summed E-state index contributed by atoms with van der Waals surface area (Å²) < 4.78 is 52.9. The molecule has 0 spiro atoms. The van der Waals surface area contributed by atoms with Gasteiger partial charge in [0.25, 0.3) is 5.91 Å². The van der Waals surface area contributed by atoms with Crippen LogP contribution in [0, 0.1) is 11.7 Å².